The predicted molar refractivity (Wildman–Crippen MR) is 145 cm³/mol. The Hall–Kier alpha value is -1.84. The molecule has 2 aliphatic rings. The van der Waals surface area contributed by atoms with Crippen LogP contribution >= 0.6 is 24.0 Å². The van der Waals surface area contributed by atoms with E-state index in [1.807, 2.05) is 7.05 Å². The zero-order chi connectivity index (χ0) is 21.5. The number of guanidine groups is 1. The second kappa shape index (κ2) is 12.4. The molecule has 0 aliphatic carbocycles. The summed E-state index contributed by atoms with van der Waals surface area (Å²) >= 11 is 0. The maximum absolute atomic E-state index is 4.43. The average molecular weight is 549 g/mol. The molecule has 1 unspecified atom stereocenters. The molecule has 0 bridgehead atoms. The van der Waals surface area contributed by atoms with Gasteiger partial charge in [0.05, 0.1) is 0 Å². The molecule has 7 heteroatoms. The van der Waals surface area contributed by atoms with Crippen molar-refractivity contribution < 1.29 is 0 Å². The summed E-state index contributed by atoms with van der Waals surface area (Å²) in [4.78, 5) is 11.8. The van der Waals surface area contributed by atoms with E-state index in [4.69, 9.17) is 0 Å². The lowest BCUT2D eigenvalue weighted by Gasteiger charge is -2.32. The van der Waals surface area contributed by atoms with Crippen LogP contribution < -0.4 is 15.5 Å². The Morgan fingerprint density at radius 1 is 0.938 bits per heavy atom. The SMILES string of the molecule is CN=C(NCc1ccc(CN2CCN(C)CC2)cc1)NC1CCN(c2ccccc2)C1.I. The topological polar surface area (TPSA) is 46.1 Å². The van der Waals surface area contributed by atoms with Gasteiger partial charge in [-0.3, -0.25) is 9.89 Å². The molecule has 2 aromatic carbocycles. The molecule has 0 saturated carbocycles. The number of hydrogen-bond acceptors (Lipinski definition) is 4. The Balaban J connectivity index is 0.00000289. The van der Waals surface area contributed by atoms with Gasteiger partial charge >= 0.3 is 0 Å². The molecule has 32 heavy (non-hydrogen) atoms. The summed E-state index contributed by atoms with van der Waals surface area (Å²) in [7, 11) is 4.05. The number of rotatable bonds is 6. The van der Waals surface area contributed by atoms with Gasteiger partial charge in [0.1, 0.15) is 0 Å². The number of para-hydroxylation sites is 1. The quantitative estimate of drug-likeness (QED) is 0.330. The third-order valence-corrected chi connectivity index (χ3v) is 6.36. The van der Waals surface area contributed by atoms with Crippen molar-refractivity contribution in [3.63, 3.8) is 0 Å². The number of anilines is 1. The van der Waals surface area contributed by atoms with Crippen LogP contribution in [0.2, 0.25) is 0 Å². The van der Waals surface area contributed by atoms with Gasteiger partial charge in [-0.2, -0.15) is 0 Å². The van der Waals surface area contributed by atoms with Gasteiger partial charge in [0.15, 0.2) is 5.96 Å². The summed E-state index contributed by atoms with van der Waals surface area (Å²) in [6, 6.07) is 20.1. The lowest BCUT2D eigenvalue weighted by molar-refractivity contribution is 0.148. The minimum atomic E-state index is 0. The number of aliphatic imine (C=N–C) groups is 1. The molecular weight excluding hydrogens is 511 g/mol. The first-order valence-corrected chi connectivity index (χ1v) is 11.5. The lowest BCUT2D eigenvalue weighted by atomic mass is 10.1. The van der Waals surface area contributed by atoms with Gasteiger partial charge in [-0.25, -0.2) is 0 Å². The average Bonchev–Trinajstić information content (AvgIpc) is 3.28. The van der Waals surface area contributed by atoms with Crippen LogP contribution in [0.25, 0.3) is 0 Å². The van der Waals surface area contributed by atoms with Crippen LogP contribution in [0.5, 0.6) is 0 Å². The van der Waals surface area contributed by atoms with E-state index in [1.54, 1.807) is 0 Å². The van der Waals surface area contributed by atoms with Crippen LogP contribution in [0, 0.1) is 0 Å². The molecule has 2 aromatic rings. The van der Waals surface area contributed by atoms with Crippen LogP contribution in [-0.2, 0) is 13.1 Å². The molecular formula is C25H37IN6. The predicted octanol–water partition coefficient (Wildman–Crippen LogP) is 3.00. The Morgan fingerprint density at radius 2 is 1.62 bits per heavy atom. The Morgan fingerprint density at radius 3 is 2.31 bits per heavy atom. The highest BCUT2D eigenvalue weighted by atomic mass is 127. The van der Waals surface area contributed by atoms with E-state index in [1.165, 1.54) is 16.8 Å². The molecule has 2 heterocycles. The molecule has 2 saturated heterocycles. The summed E-state index contributed by atoms with van der Waals surface area (Å²) in [5.74, 6) is 0.876. The van der Waals surface area contributed by atoms with Crippen LogP contribution in [0.1, 0.15) is 17.5 Å². The molecule has 0 amide bonds. The number of nitrogens with zero attached hydrogens (tertiary/aromatic N) is 4. The minimum absolute atomic E-state index is 0. The van der Waals surface area contributed by atoms with Crippen LogP contribution in [-0.4, -0.2) is 75.2 Å². The Labute approximate surface area is 210 Å². The van der Waals surface area contributed by atoms with E-state index in [0.29, 0.717) is 6.04 Å². The first-order valence-electron chi connectivity index (χ1n) is 11.5. The number of halogens is 1. The number of nitrogens with one attached hydrogen (secondary N) is 2. The van der Waals surface area contributed by atoms with E-state index in [9.17, 15) is 0 Å². The highest BCUT2D eigenvalue weighted by molar-refractivity contribution is 14.0. The van der Waals surface area contributed by atoms with Gasteiger partial charge < -0.3 is 20.4 Å². The fourth-order valence-corrected chi connectivity index (χ4v) is 4.35. The molecule has 2 fully saturated rings. The van der Waals surface area contributed by atoms with Gasteiger partial charge in [-0.15, -0.1) is 24.0 Å². The van der Waals surface area contributed by atoms with Gasteiger partial charge in [-0.1, -0.05) is 42.5 Å². The summed E-state index contributed by atoms with van der Waals surface area (Å²) in [6.45, 7) is 8.55. The monoisotopic (exact) mass is 548 g/mol. The molecule has 1 atom stereocenters. The normalized spacial score (nSPS) is 20.1. The number of piperazine rings is 1. The smallest absolute Gasteiger partial charge is 0.191 e. The highest BCUT2D eigenvalue weighted by Gasteiger charge is 2.23. The van der Waals surface area contributed by atoms with E-state index >= 15 is 0 Å². The van der Waals surface area contributed by atoms with Crippen LogP contribution in [0.15, 0.2) is 59.6 Å². The number of hydrogen-bond donors (Lipinski definition) is 2. The minimum Gasteiger partial charge on any atom is -0.369 e. The zero-order valence-electron chi connectivity index (χ0n) is 19.3. The van der Waals surface area contributed by atoms with Crippen molar-refractivity contribution in [2.24, 2.45) is 4.99 Å². The van der Waals surface area contributed by atoms with Crippen molar-refractivity contribution in [3.8, 4) is 0 Å². The third kappa shape index (κ3) is 7.08. The standard InChI is InChI=1S/C25H36N6.HI/c1-26-25(28-23-12-13-31(20-23)24-6-4-3-5-7-24)27-18-21-8-10-22(11-9-21)19-30-16-14-29(2)15-17-30;/h3-11,23H,12-20H2,1-2H3,(H2,26,27,28);1H. The molecule has 4 rings (SSSR count). The Kier molecular flexibility index (Phi) is 9.62. The van der Waals surface area contributed by atoms with E-state index < -0.39 is 0 Å². The first-order chi connectivity index (χ1) is 15.2. The van der Waals surface area contributed by atoms with Gasteiger partial charge in [0, 0.05) is 71.1 Å². The van der Waals surface area contributed by atoms with Crippen molar-refractivity contribution in [3.05, 3.63) is 65.7 Å². The largest absolute Gasteiger partial charge is 0.369 e. The Bertz CT molecular complexity index is 833. The van der Waals surface area contributed by atoms with Crippen LogP contribution in [0.3, 0.4) is 0 Å². The maximum atomic E-state index is 4.43. The second-order valence-corrected chi connectivity index (χ2v) is 8.73. The fraction of sp³-hybridized carbons (Fsp3) is 0.480. The number of likely N-dealkylation sites (N-methyl/N-ethyl adjacent to an activating group) is 1. The highest BCUT2D eigenvalue weighted by Crippen LogP contribution is 2.19. The summed E-state index contributed by atoms with van der Waals surface area (Å²) in [6.07, 6.45) is 1.12. The van der Waals surface area contributed by atoms with Crippen molar-refractivity contribution in [2.75, 3.05) is 58.3 Å². The molecule has 174 valence electrons. The molecule has 6 nitrogen and oxygen atoms in total. The van der Waals surface area contributed by atoms with Gasteiger partial charge in [0.2, 0.25) is 0 Å². The van der Waals surface area contributed by atoms with E-state index in [2.05, 4.69) is 92.0 Å². The molecule has 2 N–H and O–H groups in total. The van der Waals surface area contributed by atoms with E-state index in [-0.39, 0.29) is 24.0 Å². The number of benzene rings is 2. The summed E-state index contributed by atoms with van der Waals surface area (Å²) < 4.78 is 0. The first kappa shape index (κ1) is 24.8. The third-order valence-electron chi connectivity index (χ3n) is 6.36. The zero-order valence-corrected chi connectivity index (χ0v) is 21.7. The van der Waals surface area contributed by atoms with Gasteiger partial charge in [-0.05, 0) is 36.7 Å². The van der Waals surface area contributed by atoms with E-state index in [0.717, 1.165) is 64.7 Å². The lowest BCUT2D eigenvalue weighted by Crippen LogP contribution is -2.44. The molecule has 0 radical (unpaired) electrons. The molecule has 0 aromatic heterocycles. The van der Waals surface area contributed by atoms with Crippen LogP contribution in [0.4, 0.5) is 5.69 Å². The summed E-state index contributed by atoms with van der Waals surface area (Å²) in [5.41, 5.74) is 3.97. The molecule has 0 spiro atoms. The maximum Gasteiger partial charge on any atom is 0.191 e. The second-order valence-electron chi connectivity index (χ2n) is 8.73. The van der Waals surface area contributed by atoms with Crippen molar-refractivity contribution in [1.29, 1.82) is 0 Å². The van der Waals surface area contributed by atoms with Crippen molar-refractivity contribution >= 4 is 35.6 Å². The molecule has 2 aliphatic heterocycles. The van der Waals surface area contributed by atoms with Crippen molar-refractivity contribution in [2.45, 2.75) is 25.6 Å². The van der Waals surface area contributed by atoms with Crippen molar-refractivity contribution in [1.82, 2.24) is 20.4 Å². The van der Waals surface area contributed by atoms with Gasteiger partial charge in [0.25, 0.3) is 0 Å². The fourth-order valence-electron chi connectivity index (χ4n) is 4.35. The summed E-state index contributed by atoms with van der Waals surface area (Å²) in [5, 5.41) is 7.07.